The Morgan fingerprint density at radius 1 is 1.12 bits per heavy atom. The van der Waals surface area contributed by atoms with Crippen LogP contribution in [0.4, 0.5) is 0 Å². The highest BCUT2D eigenvalue weighted by molar-refractivity contribution is 5.94. The highest BCUT2D eigenvalue weighted by Crippen LogP contribution is 2.20. The highest BCUT2D eigenvalue weighted by atomic mass is 16.4. The summed E-state index contributed by atoms with van der Waals surface area (Å²) in [7, 11) is 0. The van der Waals surface area contributed by atoms with Crippen LogP contribution in [0, 0.1) is 0 Å². The Bertz CT molecular complexity index is 546. The summed E-state index contributed by atoms with van der Waals surface area (Å²) >= 11 is 0. The Kier molecular flexibility index (Phi) is 2.68. The molecular formula is C13H10O3. The van der Waals surface area contributed by atoms with Crippen molar-refractivity contribution in [3.8, 4) is 0 Å². The van der Waals surface area contributed by atoms with Crippen molar-refractivity contribution >= 4 is 23.0 Å². The third-order valence-corrected chi connectivity index (χ3v) is 2.53. The first kappa shape index (κ1) is 10.4. The molecule has 3 heteroatoms. The first-order chi connectivity index (χ1) is 7.72. The third kappa shape index (κ3) is 1.80. The summed E-state index contributed by atoms with van der Waals surface area (Å²) in [6.07, 6.45) is 0.451. The van der Waals surface area contributed by atoms with Gasteiger partial charge in [-0.1, -0.05) is 36.4 Å². The van der Waals surface area contributed by atoms with Crippen LogP contribution in [0.1, 0.15) is 11.5 Å². The van der Waals surface area contributed by atoms with Crippen molar-refractivity contribution in [2.24, 2.45) is 0 Å². The molecule has 0 saturated heterocycles. The molecule has 2 aromatic rings. The lowest BCUT2D eigenvalue weighted by atomic mass is 9.97. The Morgan fingerprint density at radius 3 is 2.44 bits per heavy atom. The number of aliphatic carboxylic acids is 1. The Labute approximate surface area is 92.3 Å². The predicted molar refractivity (Wildman–Crippen MR) is 60.4 cm³/mol. The van der Waals surface area contributed by atoms with E-state index in [0.29, 0.717) is 11.8 Å². The van der Waals surface area contributed by atoms with Gasteiger partial charge < -0.3 is 9.90 Å². The summed E-state index contributed by atoms with van der Waals surface area (Å²) in [4.78, 5) is 21.5. The molecule has 1 unspecified atom stereocenters. The van der Waals surface area contributed by atoms with Gasteiger partial charge in [0.25, 0.3) is 0 Å². The van der Waals surface area contributed by atoms with Crippen molar-refractivity contribution in [2.45, 2.75) is 5.92 Å². The van der Waals surface area contributed by atoms with Crippen molar-refractivity contribution in [1.82, 2.24) is 0 Å². The second-order valence-corrected chi connectivity index (χ2v) is 3.56. The number of hydrogen-bond donors (Lipinski definition) is 1. The second kappa shape index (κ2) is 4.14. The summed E-state index contributed by atoms with van der Waals surface area (Å²) < 4.78 is 0. The van der Waals surface area contributed by atoms with Crippen molar-refractivity contribution in [3.05, 3.63) is 48.0 Å². The maximum atomic E-state index is 10.8. The van der Waals surface area contributed by atoms with Crippen LogP contribution in [0.2, 0.25) is 0 Å². The standard InChI is InChI=1S/C13H10O3/c14-8-12(13(15)16)11-6-5-9-3-1-2-4-10(9)7-11/h1-8,12H,(H,15,16). The van der Waals surface area contributed by atoms with E-state index in [4.69, 9.17) is 5.11 Å². The van der Waals surface area contributed by atoms with Gasteiger partial charge in [-0.25, -0.2) is 0 Å². The minimum absolute atomic E-state index is 0.451. The van der Waals surface area contributed by atoms with Crippen LogP contribution in [0.5, 0.6) is 0 Å². The fourth-order valence-corrected chi connectivity index (χ4v) is 1.68. The minimum Gasteiger partial charge on any atom is -0.480 e. The maximum Gasteiger partial charge on any atom is 0.318 e. The zero-order chi connectivity index (χ0) is 11.5. The van der Waals surface area contributed by atoms with E-state index in [1.165, 1.54) is 0 Å². The lowest BCUT2D eigenvalue weighted by Crippen LogP contribution is -2.12. The molecule has 0 fully saturated rings. The van der Waals surface area contributed by atoms with E-state index in [0.717, 1.165) is 10.8 Å². The predicted octanol–water partition coefficient (Wildman–Crippen LogP) is 2.21. The van der Waals surface area contributed by atoms with Crippen LogP contribution in [-0.2, 0) is 9.59 Å². The highest BCUT2D eigenvalue weighted by Gasteiger charge is 2.18. The molecule has 2 aromatic carbocycles. The van der Waals surface area contributed by atoms with Gasteiger partial charge in [-0.2, -0.15) is 0 Å². The van der Waals surface area contributed by atoms with Crippen LogP contribution >= 0.6 is 0 Å². The van der Waals surface area contributed by atoms with E-state index in [1.807, 2.05) is 30.3 Å². The smallest absolute Gasteiger partial charge is 0.318 e. The first-order valence-electron chi connectivity index (χ1n) is 4.89. The topological polar surface area (TPSA) is 54.4 Å². The molecular weight excluding hydrogens is 204 g/mol. The summed E-state index contributed by atoms with van der Waals surface area (Å²) in [6, 6.07) is 12.9. The zero-order valence-corrected chi connectivity index (χ0v) is 8.46. The molecule has 0 radical (unpaired) electrons. The van der Waals surface area contributed by atoms with Gasteiger partial charge in [0.1, 0.15) is 12.2 Å². The fraction of sp³-hybridized carbons (Fsp3) is 0.0769. The molecule has 0 saturated carbocycles. The fourth-order valence-electron chi connectivity index (χ4n) is 1.68. The molecule has 0 aromatic heterocycles. The quantitative estimate of drug-likeness (QED) is 0.629. The molecule has 0 aliphatic carbocycles. The molecule has 0 heterocycles. The number of hydrogen-bond acceptors (Lipinski definition) is 2. The molecule has 1 N–H and O–H groups in total. The van der Waals surface area contributed by atoms with Gasteiger partial charge in [-0.3, -0.25) is 4.79 Å². The summed E-state index contributed by atoms with van der Waals surface area (Å²) in [5.41, 5.74) is 0.515. The van der Waals surface area contributed by atoms with Crippen LogP contribution < -0.4 is 0 Å². The van der Waals surface area contributed by atoms with E-state index < -0.39 is 11.9 Å². The average Bonchev–Trinajstić information content (AvgIpc) is 2.29. The number of benzene rings is 2. The van der Waals surface area contributed by atoms with E-state index in [9.17, 15) is 9.59 Å². The number of carboxylic acid groups (broad SMARTS) is 1. The van der Waals surface area contributed by atoms with Gasteiger partial charge in [0.2, 0.25) is 0 Å². The molecule has 0 amide bonds. The number of aldehydes is 1. The van der Waals surface area contributed by atoms with Gasteiger partial charge in [0.05, 0.1) is 0 Å². The molecule has 80 valence electrons. The lowest BCUT2D eigenvalue weighted by Gasteiger charge is -2.06. The van der Waals surface area contributed by atoms with Crippen LogP contribution in [0.25, 0.3) is 10.8 Å². The first-order valence-corrected chi connectivity index (χ1v) is 4.89. The van der Waals surface area contributed by atoms with Gasteiger partial charge in [-0.05, 0) is 22.4 Å². The Hall–Kier alpha value is -2.16. The number of carbonyl (C=O) groups excluding carboxylic acids is 1. The van der Waals surface area contributed by atoms with Gasteiger partial charge in [-0.15, -0.1) is 0 Å². The molecule has 16 heavy (non-hydrogen) atoms. The summed E-state index contributed by atoms with van der Waals surface area (Å²) in [5.74, 6) is -2.20. The monoisotopic (exact) mass is 214 g/mol. The molecule has 0 aliphatic heterocycles. The van der Waals surface area contributed by atoms with Crippen molar-refractivity contribution in [1.29, 1.82) is 0 Å². The number of carboxylic acids is 1. The van der Waals surface area contributed by atoms with E-state index in [-0.39, 0.29) is 0 Å². The number of fused-ring (bicyclic) bond motifs is 1. The van der Waals surface area contributed by atoms with E-state index in [2.05, 4.69) is 0 Å². The molecule has 0 spiro atoms. The Balaban J connectivity index is 2.53. The average molecular weight is 214 g/mol. The maximum absolute atomic E-state index is 10.8. The summed E-state index contributed by atoms with van der Waals surface area (Å²) in [5, 5.41) is 10.8. The minimum atomic E-state index is -1.12. The van der Waals surface area contributed by atoms with E-state index in [1.54, 1.807) is 12.1 Å². The summed E-state index contributed by atoms with van der Waals surface area (Å²) in [6.45, 7) is 0. The van der Waals surface area contributed by atoms with Crippen LogP contribution in [0.15, 0.2) is 42.5 Å². The van der Waals surface area contributed by atoms with Gasteiger partial charge >= 0.3 is 5.97 Å². The molecule has 1 atom stereocenters. The van der Waals surface area contributed by atoms with Gasteiger partial charge in [0.15, 0.2) is 0 Å². The molecule has 0 aliphatic rings. The molecule has 0 bridgehead atoms. The largest absolute Gasteiger partial charge is 0.480 e. The third-order valence-electron chi connectivity index (χ3n) is 2.53. The Morgan fingerprint density at radius 2 is 1.81 bits per heavy atom. The second-order valence-electron chi connectivity index (χ2n) is 3.56. The lowest BCUT2D eigenvalue weighted by molar-refractivity contribution is -0.140. The van der Waals surface area contributed by atoms with Crippen LogP contribution in [-0.4, -0.2) is 17.4 Å². The normalized spacial score (nSPS) is 12.2. The SMILES string of the molecule is O=CC(C(=O)O)c1ccc2ccccc2c1. The molecule has 3 nitrogen and oxygen atoms in total. The van der Waals surface area contributed by atoms with Crippen molar-refractivity contribution in [2.75, 3.05) is 0 Å². The zero-order valence-electron chi connectivity index (χ0n) is 8.46. The number of carbonyl (C=O) groups is 2. The van der Waals surface area contributed by atoms with Crippen molar-refractivity contribution < 1.29 is 14.7 Å². The van der Waals surface area contributed by atoms with Crippen molar-refractivity contribution in [3.63, 3.8) is 0 Å². The molecule has 2 rings (SSSR count). The number of rotatable bonds is 3. The van der Waals surface area contributed by atoms with Crippen LogP contribution in [0.3, 0.4) is 0 Å². The van der Waals surface area contributed by atoms with Gasteiger partial charge in [0, 0.05) is 0 Å². The van der Waals surface area contributed by atoms with E-state index >= 15 is 0 Å².